The molecule has 0 unspecified atom stereocenters. The first-order valence-electron chi connectivity index (χ1n) is 10.5. The lowest BCUT2D eigenvalue weighted by atomic mass is 10.1. The summed E-state index contributed by atoms with van der Waals surface area (Å²) < 4.78 is 10.3. The highest BCUT2D eigenvalue weighted by atomic mass is 16.6. The van der Waals surface area contributed by atoms with E-state index in [9.17, 15) is 4.79 Å². The second-order valence-electron chi connectivity index (χ2n) is 7.05. The van der Waals surface area contributed by atoms with Gasteiger partial charge in [0, 0.05) is 6.61 Å². The summed E-state index contributed by atoms with van der Waals surface area (Å²) in [4.78, 5) is 11.5. The maximum Gasteiger partial charge on any atom is 0.337 e. The first-order valence-corrected chi connectivity index (χ1v) is 10.5. The molecule has 3 nitrogen and oxygen atoms in total. The monoisotopic (exact) mass is 388 g/mol. The Labute approximate surface area is 172 Å². The molecule has 0 aliphatic carbocycles. The molecule has 0 saturated carbocycles. The van der Waals surface area contributed by atoms with E-state index in [4.69, 9.17) is 9.47 Å². The molecule has 0 radical (unpaired) electrons. The molecule has 158 valence electrons. The van der Waals surface area contributed by atoms with E-state index in [-0.39, 0.29) is 5.97 Å². The number of esters is 1. The molecule has 3 heteroatoms. The van der Waals surface area contributed by atoms with Crippen LogP contribution >= 0.6 is 0 Å². The molecule has 0 saturated heterocycles. The third kappa shape index (κ3) is 16.3. The zero-order valence-corrected chi connectivity index (χ0v) is 18.4. The van der Waals surface area contributed by atoms with Crippen molar-refractivity contribution in [2.75, 3.05) is 13.7 Å². The fraction of sp³-hybridized carbons (Fsp3) is 0.560. The molecule has 0 fully saturated rings. The molecular weight excluding hydrogens is 348 g/mol. The summed E-state index contributed by atoms with van der Waals surface area (Å²) in [7, 11) is 1.38. The van der Waals surface area contributed by atoms with Crippen LogP contribution in [0.15, 0.2) is 60.8 Å². The quantitative estimate of drug-likeness (QED) is 0.164. The number of hydrogen-bond acceptors (Lipinski definition) is 3. The molecule has 0 N–H and O–H groups in total. The van der Waals surface area contributed by atoms with E-state index in [0.29, 0.717) is 6.61 Å². The zero-order chi connectivity index (χ0) is 20.9. The summed E-state index contributed by atoms with van der Waals surface area (Å²) in [6.07, 6.45) is 30.2. The molecule has 28 heavy (non-hydrogen) atoms. The van der Waals surface area contributed by atoms with Gasteiger partial charge in [-0.25, -0.2) is 4.79 Å². The third-order valence-corrected chi connectivity index (χ3v) is 4.06. The Kier molecular flexibility index (Phi) is 17.3. The first kappa shape index (κ1) is 26.1. The zero-order valence-electron chi connectivity index (χ0n) is 18.4. The molecular formula is C25H40O3. The molecule has 0 aromatic rings. The highest BCUT2D eigenvalue weighted by Gasteiger charge is 2.29. The van der Waals surface area contributed by atoms with Crippen molar-refractivity contribution in [2.45, 2.75) is 77.7 Å². The van der Waals surface area contributed by atoms with Crippen molar-refractivity contribution in [2.24, 2.45) is 0 Å². The van der Waals surface area contributed by atoms with E-state index in [0.717, 1.165) is 51.4 Å². The fourth-order valence-corrected chi connectivity index (χ4v) is 2.36. The van der Waals surface area contributed by atoms with Crippen molar-refractivity contribution in [3.05, 3.63) is 60.8 Å². The van der Waals surface area contributed by atoms with Gasteiger partial charge in [0.1, 0.15) is 0 Å². The van der Waals surface area contributed by atoms with Gasteiger partial charge >= 0.3 is 5.97 Å². The minimum atomic E-state index is -0.855. The van der Waals surface area contributed by atoms with E-state index in [2.05, 4.69) is 67.7 Å². The van der Waals surface area contributed by atoms with Crippen LogP contribution < -0.4 is 0 Å². The molecule has 0 atom stereocenters. The van der Waals surface area contributed by atoms with Crippen molar-refractivity contribution < 1.29 is 14.3 Å². The second kappa shape index (κ2) is 18.5. The maximum absolute atomic E-state index is 11.5. The Bertz CT molecular complexity index is 522. The van der Waals surface area contributed by atoms with Gasteiger partial charge < -0.3 is 9.47 Å². The smallest absolute Gasteiger partial charge is 0.337 e. The lowest BCUT2D eigenvalue weighted by Gasteiger charge is -2.21. The predicted octanol–water partition coefficient (Wildman–Crippen LogP) is 6.88. The molecule has 0 aliphatic rings. The van der Waals surface area contributed by atoms with Gasteiger partial charge in [-0.3, -0.25) is 0 Å². The van der Waals surface area contributed by atoms with Gasteiger partial charge in [-0.15, -0.1) is 0 Å². The van der Waals surface area contributed by atoms with Gasteiger partial charge in [-0.2, -0.15) is 0 Å². The van der Waals surface area contributed by atoms with Gasteiger partial charge in [-0.1, -0.05) is 67.7 Å². The van der Waals surface area contributed by atoms with Gasteiger partial charge in [-0.05, 0) is 65.2 Å². The van der Waals surface area contributed by atoms with Crippen LogP contribution in [0.3, 0.4) is 0 Å². The second-order valence-corrected chi connectivity index (χ2v) is 7.05. The van der Waals surface area contributed by atoms with Crippen molar-refractivity contribution in [3.8, 4) is 0 Å². The highest BCUT2D eigenvalue weighted by molar-refractivity contribution is 5.78. The molecule has 0 spiro atoms. The molecule has 0 aliphatic heterocycles. The Morgan fingerprint density at radius 1 is 0.750 bits per heavy atom. The van der Waals surface area contributed by atoms with Crippen LogP contribution in [0, 0.1) is 0 Å². The molecule has 0 aromatic heterocycles. The number of carbonyl (C=O) groups excluding carboxylic acids is 1. The van der Waals surface area contributed by atoms with Gasteiger partial charge in [0.25, 0.3) is 0 Å². The first-order chi connectivity index (χ1) is 13.5. The van der Waals surface area contributed by atoms with Gasteiger partial charge in [0.2, 0.25) is 0 Å². The molecule has 0 aromatic carbocycles. The van der Waals surface area contributed by atoms with Crippen molar-refractivity contribution in [3.63, 3.8) is 0 Å². The van der Waals surface area contributed by atoms with Crippen LogP contribution in [0.2, 0.25) is 0 Å². The van der Waals surface area contributed by atoms with E-state index in [1.165, 1.54) is 7.11 Å². The summed E-state index contributed by atoms with van der Waals surface area (Å²) in [5.74, 6) is -0.328. The SMILES string of the molecule is CCC=CCC=CCC=CCC=CCC=CCCCCOC(C)(C)C(=O)OC. The molecule has 0 bridgehead atoms. The van der Waals surface area contributed by atoms with Crippen molar-refractivity contribution in [1.29, 1.82) is 0 Å². The number of methoxy groups -OCH3 is 1. The summed E-state index contributed by atoms with van der Waals surface area (Å²) in [5.41, 5.74) is -0.855. The molecule has 0 heterocycles. The Morgan fingerprint density at radius 3 is 1.68 bits per heavy atom. The highest BCUT2D eigenvalue weighted by Crippen LogP contribution is 2.12. The number of allylic oxidation sites excluding steroid dienone is 10. The Balaban J connectivity index is 3.58. The van der Waals surface area contributed by atoms with E-state index in [1.54, 1.807) is 13.8 Å². The standard InChI is InChI=1S/C25H40O3/c1-5-6-7-8-9-10-11-12-13-14-15-16-17-18-19-20-21-22-23-28-25(2,3)24(26)27-4/h6-7,9-10,12-13,15-16,18-19H,5,8,11,14,17,20-23H2,1-4H3. The topological polar surface area (TPSA) is 35.5 Å². The van der Waals surface area contributed by atoms with E-state index < -0.39 is 5.60 Å². The summed E-state index contributed by atoms with van der Waals surface area (Å²) in [6.45, 7) is 6.21. The van der Waals surface area contributed by atoms with E-state index >= 15 is 0 Å². The van der Waals surface area contributed by atoms with Gasteiger partial charge in [0.05, 0.1) is 7.11 Å². The van der Waals surface area contributed by atoms with Crippen molar-refractivity contribution >= 4 is 5.97 Å². The van der Waals surface area contributed by atoms with Gasteiger partial charge in [0.15, 0.2) is 5.60 Å². The van der Waals surface area contributed by atoms with Crippen LogP contribution in [0.5, 0.6) is 0 Å². The van der Waals surface area contributed by atoms with Crippen LogP contribution in [-0.2, 0) is 14.3 Å². The summed E-state index contributed by atoms with van der Waals surface area (Å²) >= 11 is 0. The predicted molar refractivity (Wildman–Crippen MR) is 120 cm³/mol. The number of unbranched alkanes of at least 4 members (excludes halogenated alkanes) is 2. The van der Waals surface area contributed by atoms with Crippen LogP contribution in [0.1, 0.15) is 72.1 Å². The fourth-order valence-electron chi connectivity index (χ4n) is 2.36. The number of rotatable bonds is 16. The minimum absolute atomic E-state index is 0.328. The number of hydrogen-bond donors (Lipinski definition) is 0. The minimum Gasteiger partial charge on any atom is -0.467 e. The normalized spacial score (nSPS) is 13.1. The molecule has 0 amide bonds. The number of carbonyl (C=O) groups is 1. The summed E-state index contributed by atoms with van der Waals surface area (Å²) in [6, 6.07) is 0. The summed E-state index contributed by atoms with van der Waals surface area (Å²) in [5, 5.41) is 0. The average Bonchev–Trinajstić information content (AvgIpc) is 2.69. The third-order valence-electron chi connectivity index (χ3n) is 4.06. The molecule has 0 rings (SSSR count). The average molecular weight is 389 g/mol. The Morgan fingerprint density at radius 2 is 1.21 bits per heavy atom. The van der Waals surface area contributed by atoms with Crippen LogP contribution in [0.4, 0.5) is 0 Å². The Hall–Kier alpha value is -1.87. The lowest BCUT2D eigenvalue weighted by Crippen LogP contribution is -2.36. The van der Waals surface area contributed by atoms with Crippen LogP contribution in [-0.4, -0.2) is 25.3 Å². The van der Waals surface area contributed by atoms with Crippen molar-refractivity contribution in [1.82, 2.24) is 0 Å². The van der Waals surface area contributed by atoms with Crippen LogP contribution in [0.25, 0.3) is 0 Å². The number of ether oxygens (including phenoxy) is 2. The van der Waals surface area contributed by atoms with E-state index in [1.807, 2.05) is 0 Å². The lowest BCUT2D eigenvalue weighted by molar-refractivity contribution is -0.165. The maximum atomic E-state index is 11.5. The largest absolute Gasteiger partial charge is 0.467 e.